The molecule has 0 saturated carbocycles. The second-order valence-electron chi connectivity index (χ2n) is 5.62. The van der Waals surface area contributed by atoms with Gasteiger partial charge in [-0.1, -0.05) is 26.0 Å². The van der Waals surface area contributed by atoms with Gasteiger partial charge in [-0.15, -0.1) is 0 Å². The molecule has 1 atom stereocenters. The van der Waals surface area contributed by atoms with E-state index in [4.69, 9.17) is 17.0 Å². The molecule has 1 heterocycles. The maximum absolute atomic E-state index is 12.7. The standard InChI is InChI=1S/C17H23N3O3S/c1-4-19(5-2)9-6-10-20-15(21)13-8-7-12(16(22)23-3)11-14(13)18-17(20)24/h7-8,11,13H,4-6,9-10H2,1-3H3. The van der Waals surface area contributed by atoms with Crippen molar-refractivity contribution < 1.29 is 14.3 Å². The molecule has 1 aliphatic carbocycles. The molecule has 1 aliphatic heterocycles. The van der Waals surface area contributed by atoms with Crippen LogP contribution in [0, 0.1) is 5.92 Å². The summed E-state index contributed by atoms with van der Waals surface area (Å²) in [6, 6.07) is 0. The van der Waals surface area contributed by atoms with Gasteiger partial charge in [-0.05, 0) is 44.3 Å². The molecule has 0 bridgehead atoms. The van der Waals surface area contributed by atoms with Crippen LogP contribution in [0.1, 0.15) is 20.3 Å². The van der Waals surface area contributed by atoms with E-state index in [1.54, 1.807) is 23.1 Å². The summed E-state index contributed by atoms with van der Waals surface area (Å²) in [4.78, 5) is 32.5. The Bertz CT molecular complexity index is 621. The lowest BCUT2D eigenvalue weighted by molar-refractivity contribution is -0.135. The summed E-state index contributed by atoms with van der Waals surface area (Å²) in [6.45, 7) is 7.70. The molecule has 0 spiro atoms. The van der Waals surface area contributed by atoms with E-state index in [2.05, 4.69) is 23.7 Å². The van der Waals surface area contributed by atoms with E-state index in [1.807, 2.05) is 0 Å². The molecule has 2 rings (SSSR count). The minimum Gasteiger partial charge on any atom is -0.465 e. The molecule has 0 fully saturated rings. The number of amides is 1. The second-order valence-corrected chi connectivity index (χ2v) is 5.98. The molecule has 1 unspecified atom stereocenters. The molecule has 2 aliphatic rings. The van der Waals surface area contributed by atoms with E-state index in [-0.39, 0.29) is 11.0 Å². The lowest BCUT2D eigenvalue weighted by Gasteiger charge is -2.31. The van der Waals surface area contributed by atoms with Gasteiger partial charge in [0.15, 0.2) is 0 Å². The fourth-order valence-electron chi connectivity index (χ4n) is 2.78. The molecule has 0 aromatic carbocycles. The highest BCUT2D eigenvalue weighted by molar-refractivity contribution is 7.80. The smallest absolute Gasteiger partial charge is 0.337 e. The van der Waals surface area contributed by atoms with Gasteiger partial charge in [-0.3, -0.25) is 9.69 Å². The maximum atomic E-state index is 12.7. The van der Waals surface area contributed by atoms with E-state index in [1.165, 1.54) is 7.11 Å². The van der Waals surface area contributed by atoms with Crippen LogP contribution in [-0.2, 0) is 14.3 Å². The van der Waals surface area contributed by atoms with Gasteiger partial charge in [0.05, 0.1) is 24.3 Å². The number of fused-ring (bicyclic) bond motifs is 1. The van der Waals surface area contributed by atoms with E-state index in [9.17, 15) is 9.59 Å². The SMILES string of the molecule is CCN(CC)CCCN1C(=O)C2C=CC(C(=O)OC)=CC2=NC1=S. The molecule has 1 amide bonds. The zero-order valence-corrected chi connectivity index (χ0v) is 15.1. The van der Waals surface area contributed by atoms with Gasteiger partial charge < -0.3 is 9.64 Å². The summed E-state index contributed by atoms with van der Waals surface area (Å²) >= 11 is 5.28. The lowest BCUT2D eigenvalue weighted by Crippen LogP contribution is -2.47. The minimum atomic E-state index is -0.474. The zero-order chi connectivity index (χ0) is 17.7. The Morgan fingerprint density at radius 3 is 2.75 bits per heavy atom. The Hall–Kier alpha value is -1.86. The molecule has 0 aromatic rings. The monoisotopic (exact) mass is 349 g/mol. The van der Waals surface area contributed by atoms with Gasteiger partial charge in [0, 0.05) is 6.54 Å². The molecule has 24 heavy (non-hydrogen) atoms. The number of carbonyl (C=O) groups is 2. The number of rotatable bonds is 7. The van der Waals surface area contributed by atoms with Crippen molar-refractivity contribution in [2.45, 2.75) is 20.3 Å². The Kier molecular flexibility index (Phi) is 6.39. The van der Waals surface area contributed by atoms with Crippen molar-refractivity contribution in [1.29, 1.82) is 0 Å². The number of nitrogens with zero attached hydrogens (tertiary/aromatic N) is 3. The number of carbonyl (C=O) groups excluding carboxylic acids is 2. The van der Waals surface area contributed by atoms with Gasteiger partial charge in [-0.2, -0.15) is 0 Å². The third-order valence-electron chi connectivity index (χ3n) is 4.25. The van der Waals surface area contributed by atoms with Crippen molar-refractivity contribution in [1.82, 2.24) is 9.80 Å². The first-order valence-corrected chi connectivity index (χ1v) is 8.57. The maximum Gasteiger partial charge on any atom is 0.337 e. The van der Waals surface area contributed by atoms with Gasteiger partial charge in [0.1, 0.15) is 0 Å². The molecule has 0 radical (unpaired) electrons. The average molecular weight is 349 g/mol. The van der Waals surface area contributed by atoms with Gasteiger partial charge in [0.2, 0.25) is 11.0 Å². The van der Waals surface area contributed by atoms with Crippen LogP contribution in [0.4, 0.5) is 0 Å². The van der Waals surface area contributed by atoms with Crippen molar-refractivity contribution in [2.24, 2.45) is 10.9 Å². The molecule has 0 saturated heterocycles. The molecule has 7 heteroatoms. The average Bonchev–Trinajstić information content (AvgIpc) is 2.60. The van der Waals surface area contributed by atoms with Crippen LogP contribution in [0.3, 0.4) is 0 Å². The number of hydrogen-bond acceptors (Lipinski definition) is 5. The molecular weight excluding hydrogens is 326 g/mol. The summed E-state index contributed by atoms with van der Waals surface area (Å²) in [5, 5.41) is 0.265. The van der Waals surface area contributed by atoms with E-state index >= 15 is 0 Å². The number of allylic oxidation sites excluding steroid dienone is 1. The van der Waals surface area contributed by atoms with Gasteiger partial charge in [-0.25, -0.2) is 9.79 Å². The highest BCUT2D eigenvalue weighted by atomic mass is 32.1. The van der Waals surface area contributed by atoms with Crippen molar-refractivity contribution in [2.75, 3.05) is 33.3 Å². The van der Waals surface area contributed by atoms with Crippen LogP contribution in [0.2, 0.25) is 0 Å². The lowest BCUT2D eigenvalue weighted by atomic mass is 9.92. The molecule has 130 valence electrons. The summed E-state index contributed by atoms with van der Waals surface area (Å²) in [5.74, 6) is -1.01. The Labute approximate surface area is 147 Å². The molecular formula is C17H23N3O3S. The summed E-state index contributed by atoms with van der Waals surface area (Å²) in [6.07, 6.45) is 5.72. The minimum absolute atomic E-state index is 0.0824. The largest absolute Gasteiger partial charge is 0.465 e. The number of methoxy groups -OCH3 is 1. The third kappa shape index (κ3) is 3.96. The van der Waals surface area contributed by atoms with E-state index in [0.29, 0.717) is 17.8 Å². The Morgan fingerprint density at radius 1 is 1.42 bits per heavy atom. The van der Waals surface area contributed by atoms with Crippen molar-refractivity contribution >= 4 is 34.9 Å². The van der Waals surface area contributed by atoms with Crippen LogP contribution in [0.25, 0.3) is 0 Å². The topological polar surface area (TPSA) is 62.2 Å². The summed E-state index contributed by atoms with van der Waals surface area (Å²) < 4.78 is 4.69. The van der Waals surface area contributed by atoms with Crippen LogP contribution in [0.15, 0.2) is 28.8 Å². The van der Waals surface area contributed by atoms with Crippen LogP contribution in [-0.4, -0.2) is 65.8 Å². The van der Waals surface area contributed by atoms with Gasteiger partial charge in [0.25, 0.3) is 0 Å². The number of aliphatic imine (C=N–C) groups is 1. The van der Waals surface area contributed by atoms with Crippen LogP contribution < -0.4 is 0 Å². The highest BCUT2D eigenvalue weighted by Crippen LogP contribution is 2.23. The van der Waals surface area contributed by atoms with Crippen molar-refractivity contribution in [3.8, 4) is 0 Å². The predicted octanol–water partition coefficient (Wildman–Crippen LogP) is 1.57. The van der Waals surface area contributed by atoms with Gasteiger partial charge >= 0.3 is 5.97 Å². The Balaban J connectivity index is 2.07. The van der Waals surface area contributed by atoms with Crippen LogP contribution in [0.5, 0.6) is 0 Å². The number of esters is 1. The predicted molar refractivity (Wildman–Crippen MR) is 96.9 cm³/mol. The fraction of sp³-hybridized carbons (Fsp3) is 0.529. The summed E-state index contributed by atoms with van der Waals surface area (Å²) in [7, 11) is 1.32. The van der Waals surface area contributed by atoms with Crippen molar-refractivity contribution in [3.63, 3.8) is 0 Å². The normalized spacial score (nSPS) is 20.0. The quantitative estimate of drug-likeness (QED) is 0.516. The van der Waals surface area contributed by atoms with Crippen LogP contribution >= 0.6 is 12.2 Å². The molecule has 6 nitrogen and oxygen atoms in total. The highest BCUT2D eigenvalue weighted by Gasteiger charge is 2.35. The number of hydrogen-bond donors (Lipinski definition) is 0. The Morgan fingerprint density at radius 2 is 2.12 bits per heavy atom. The molecule has 0 N–H and O–H groups in total. The fourth-order valence-corrected chi connectivity index (χ4v) is 3.07. The second kappa shape index (κ2) is 8.30. The first-order chi connectivity index (χ1) is 11.5. The first kappa shape index (κ1) is 18.5. The van der Waals surface area contributed by atoms with E-state index in [0.717, 1.165) is 26.1 Å². The molecule has 0 aromatic heterocycles. The van der Waals surface area contributed by atoms with Crippen molar-refractivity contribution in [3.05, 3.63) is 23.8 Å². The zero-order valence-electron chi connectivity index (χ0n) is 14.3. The van der Waals surface area contributed by atoms with E-state index < -0.39 is 11.9 Å². The first-order valence-electron chi connectivity index (χ1n) is 8.16. The third-order valence-corrected chi connectivity index (χ3v) is 4.56. The summed E-state index contributed by atoms with van der Waals surface area (Å²) in [5.41, 5.74) is 0.881. The number of ether oxygens (including phenoxy) is 1. The number of thiocarbonyl (C=S) groups is 1.